The molecule has 0 spiro atoms. The summed E-state index contributed by atoms with van der Waals surface area (Å²) in [6.07, 6.45) is 3.47. The van der Waals surface area contributed by atoms with Crippen molar-refractivity contribution in [3.05, 3.63) is 48.3 Å². The zero-order chi connectivity index (χ0) is 16.2. The van der Waals surface area contributed by atoms with Crippen LogP contribution in [0.5, 0.6) is 5.75 Å². The van der Waals surface area contributed by atoms with Gasteiger partial charge in [-0.25, -0.2) is 9.97 Å². The fourth-order valence-corrected chi connectivity index (χ4v) is 3.02. The molecule has 1 N–H and O–H groups in total. The zero-order valence-electron chi connectivity index (χ0n) is 13.3. The third-order valence-electron chi connectivity index (χ3n) is 4.09. The van der Waals surface area contributed by atoms with Gasteiger partial charge in [-0.2, -0.15) is 0 Å². The first-order valence-electron chi connectivity index (χ1n) is 7.60. The number of methoxy groups -OCH3 is 1. The highest BCUT2D eigenvalue weighted by Crippen LogP contribution is 2.30. The Morgan fingerprint density at radius 1 is 1.22 bits per heavy atom. The molecule has 2 atom stereocenters. The van der Waals surface area contributed by atoms with E-state index in [1.165, 1.54) is 5.56 Å². The topological polar surface area (TPSA) is 67.3 Å². The summed E-state index contributed by atoms with van der Waals surface area (Å²) in [7, 11) is 1.65. The van der Waals surface area contributed by atoms with Crippen molar-refractivity contribution < 1.29 is 9.53 Å². The third-order valence-corrected chi connectivity index (χ3v) is 4.09. The van der Waals surface area contributed by atoms with E-state index in [9.17, 15) is 4.79 Å². The summed E-state index contributed by atoms with van der Waals surface area (Å²) in [5.74, 6) is 1.68. The summed E-state index contributed by atoms with van der Waals surface area (Å²) >= 11 is 0. The molecular formula is C17H20N4O2. The second kappa shape index (κ2) is 6.64. The second-order valence-electron chi connectivity index (χ2n) is 5.64. The van der Waals surface area contributed by atoms with Crippen LogP contribution in [0.2, 0.25) is 0 Å². The molecule has 120 valence electrons. The molecule has 1 aliphatic heterocycles. The average Bonchev–Trinajstić information content (AvgIpc) is 2.99. The van der Waals surface area contributed by atoms with E-state index < -0.39 is 0 Å². The van der Waals surface area contributed by atoms with Crippen molar-refractivity contribution in [2.45, 2.75) is 18.9 Å². The summed E-state index contributed by atoms with van der Waals surface area (Å²) < 4.78 is 5.21. The van der Waals surface area contributed by atoms with Gasteiger partial charge in [0, 0.05) is 38.3 Å². The first kappa shape index (κ1) is 15.3. The van der Waals surface area contributed by atoms with Crippen molar-refractivity contribution in [3.63, 3.8) is 0 Å². The Labute approximate surface area is 135 Å². The number of hydrogen-bond acceptors (Lipinski definition) is 5. The Bertz CT molecular complexity index is 660. The van der Waals surface area contributed by atoms with E-state index >= 15 is 0 Å². The quantitative estimate of drug-likeness (QED) is 0.928. The van der Waals surface area contributed by atoms with Crippen molar-refractivity contribution in [2.24, 2.45) is 0 Å². The van der Waals surface area contributed by atoms with Gasteiger partial charge in [0.15, 0.2) is 0 Å². The van der Waals surface area contributed by atoms with Crippen LogP contribution in [0.1, 0.15) is 18.4 Å². The standard InChI is InChI=1S/C17H20N4O2/c1-12(22)20-16-11-21(17-18-8-3-9-19-17)10-15(16)13-4-6-14(23-2)7-5-13/h3-9,15-16H,10-11H2,1-2H3,(H,20,22)/t15-,16+/m0/s1. The predicted molar refractivity (Wildman–Crippen MR) is 87.6 cm³/mol. The normalized spacial score (nSPS) is 20.3. The highest BCUT2D eigenvalue weighted by molar-refractivity contribution is 5.73. The molecule has 6 nitrogen and oxygen atoms in total. The maximum absolute atomic E-state index is 11.5. The van der Waals surface area contributed by atoms with Crippen LogP contribution in [-0.2, 0) is 4.79 Å². The van der Waals surface area contributed by atoms with Gasteiger partial charge in [-0.15, -0.1) is 0 Å². The van der Waals surface area contributed by atoms with Crippen LogP contribution in [-0.4, -0.2) is 42.1 Å². The molecule has 1 aromatic heterocycles. The predicted octanol–water partition coefficient (Wildman–Crippen LogP) is 1.59. The van der Waals surface area contributed by atoms with Gasteiger partial charge < -0.3 is 15.0 Å². The first-order chi connectivity index (χ1) is 11.2. The molecule has 1 saturated heterocycles. The minimum atomic E-state index is -0.0238. The maximum Gasteiger partial charge on any atom is 0.225 e. The van der Waals surface area contributed by atoms with Gasteiger partial charge in [0.25, 0.3) is 0 Å². The van der Waals surface area contributed by atoms with E-state index in [2.05, 4.69) is 20.2 Å². The van der Waals surface area contributed by atoms with Crippen molar-refractivity contribution in [3.8, 4) is 5.75 Å². The molecule has 0 aliphatic carbocycles. The molecule has 2 aromatic rings. The fraction of sp³-hybridized carbons (Fsp3) is 0.353. The number of nitrogens with one attached hydrogen (secondary N) is 1. The number of amides is 1. The number of carbonyl (C=O) groups excluding carboxylic acids is 1. The van der Waals surface area contributed by atoms with Crippen LogP contribution in [0, 0.1) is 0 Å². The molecule has 1 fully saturated rings. The summed E-state index contributed by atoms with van der Waals surface area (Å²) in [6.45, 7) is 3.01. The average molecular weight is 312 g/mol. The molecule has 0 radical (unpaired) electrons. The van der Waals surface area contributed by atoms with Gasteiger partial charge in [0.2, 0.25) is 11.9 Å². The fourth-order valence-electron chi connectivity index (χ4n) is 3.02. The summed E-state index contributed by atoms with van der Waals surface area (Å²) in [5.41, 5.74) is 1.17. The SMILES string of the molecule is COc1ccc([C@@H]2CN(c3ncccn3)C[C@H]2NC(C)=O)cc1. The number of nitrogens with zero attached hydrogens (tertiary/aromatic N) is 3. The highest BCUT2D eigenvalue weighted by atomic mass is 16.5. The summed E-state index contributed by atoms with van der Waals surface area (Å²) in [4.78, 5) is 22.3. The van der Waals surface area contributed by atoms with Crippen molar-refractivity contribution in [2.75, 3.05) is 25.1 Å². The van der Waals surface area contributed by atoms with E-state index in [0.717, 1.165) is 12.3 Å². The van der Waals surface area contributed by atoms with E-state index in [1.54, 1.807) is 32.5 Å². The molecule has 2 heterocycles. The van der Waals surface area contributed by atoms with Crippen LogP contribution < -0.4 is 15.0 Å². The van der Waals surface area contributed by atoms with Crippen LogP contribution in [0.15, 0.2) is 42.7 Å². The van der Waals surface area contributed by atoms with Crippen molar-refractivity contribution in [1.82, 2.24) is 15.3 Å². The lowest BCUT2D eigenvalue weighted by Crippen LogP contribution is -2.38. The van der Waals surface area contributed by atoms with E-state index in [0.29, 0.717) is 12.5 Å². The zero-order valence-corrected chi connectivity index (χ0v) is 13.3. The minimum Gasteiger partial charge on any atom is -0.497 e. The second-order valence-corrected chi connectivity index (χ2v) is 5.64. The van der Waals surface area contributed by atoms with E-state index in [1.807, 2.05) is 24.3 Å². The van der Waals surface area contributed by atoms with Crippen LogP contribution in [0.3, 0.4) is 0 Å². The summed E-state index contributed by atoms with van der Waals surface area (Å²) in [5, 5.41) is 3.05. The largest absolute Gasteiger partial charge is 0.497 e. The Morgan fingerprint density at radius 3 is 2.52 bits per heavy atom. The molecule has 3 rings (SSSR count). The lowest BCUT2D eigenvalue weighted by Gasteiger charge is -2.19. The number of benzene rings is 1. The molecule has 0 unspecified atom stereocenters. The van der Waals surface area contributed by atoms with E-state index in [-0.39, 0.29) is 17.9 Å². The monoisotopic (exact) mass is 312 g/mol. The Hall–Kier alpha value is -2.63. The van der Waals surface area contributed by atoms with E-state index in [4.69, 9.17) is 4.74 Å². The highest BCUT2D eigenvalue weighted by Gasteiger charge is 2.35. The first-order valence-corrected chi connectivity index (χ1v) is 7.60. The summed E-state index contributed by atoms with van der Waals surface area (Å²) in [6, 6.07) is 9.82. The molecule has 23 heavy (non-hydrogen) atoms. The van der Waals surface area contributed by atoms with Gasteiger partial charge >= 0.3 is 0 Å². The number of anilines is 1. The lowest BCUT2D eigenvalue weighted by molar-refractivity contribution is -0.119. The van der Waals surface area contributed by atoms with Crippen LogP contribution in [0.4, 0.5) is 5.95 Å². The van der Waals surface area contributed by atoms with Crippen LogP contribution >= 0.6 is 0 Å². The van der Waals surface area contributed by atoms with Crippen molar-refractivity contribution in [1.29, 1.82) is 0 Å². The van der Waals surface area contributed by atoms with Crippen LogP contribution in [0.25, 0.3) is 0 Å². The lowest BCUT2D eigenvalue weighted by atomic mass is 9.94. The Balaban J connectivity index is 1.84. The molecule has 0 saturated carbocycles. The number of rotatable bonds is 4. The van der Waals surface area contributed by atoms with Gasteiger partial charge in [0.05, 0.1) is 13.2 Å². The molecule has 1 amide bonds. The molecule has 1 aliphatic rings. The number of hydrogen-bond donors (Lipinski definition) is 1. The number of carbonyl (C=O) groups is 1. The Morgan fingerprint density at radius 2 is 1.91 bits per heavy atom. The maximum atomic E-state index is 11.5. The minimum absolute atomic E-state index is 0.0238. The van der Waals surface area contributed by atoms with Gasteiger partial charge in [-0.1, -0.05) is 12.1 Å². The number of ether oxygens (including phenoxy) is 1. The Kier molecular flexibility index (Phi) is 4.41. The third kappa shape index (κ3) is 3.41. The molecule has 6 heteroatoms. The smallest absolute Gasteiger partial charge is 0.225 e. The molecule has 1 aromatic carbocycles. The molecule has 0 bridgehead atoms. The van der Waals surface area contributed by atoms with Crippen molar-refractivity contribution >= 4 is 11.9 Å². The molecular weight excluding hydrogens is 292 g/mol. The number of aromatic nitrogens is 2. The van der Waals surface area contributed by atoms with Gasteiger partial charge in [-0.05, 0) is 23.8 Å². The van der Waals surface area contributed by atoms with Gasteiger partial charge in [-0.3, -0.25) is 4.79 Å². The van der Waals surface area contributed by atoms with Gasteiger partial charge in [0.1, 0.15) is 5.75 Å².